The highest BCUT2D eigenvalue weighted by Gasteiger charge is 2.56. The molecule has 2 bridgehead atoms. The van der Waals surface area contributed by atoms with Crippen molar-refractivity contribution in [3.63, 3.8) is 0 Å². The van der Waals surface area contributed by atoms with Crippen molar-refractivity contribution in [2.75, 3.05) is 25.5 Å². The van der Waals surface area contributed by atoms with E-state index < -0.39 is 0 Å². The van der Waals surface area contributed by atoms with Crippen LogP contribution in [0.15, 0.2) is 70.7 Å². The number of aryl methyl sites for hydroxylation is 1. The molecular weight excluding hydrogens is 621 g/mol. The minimum atomic E-state index is -0.388. The van der Waals surface area contributed by atoms with Crippen LogP contribution in [0, 0.1) is 29.0 Å². The number of aliphatic imine (C=N–C) groups is 1. The first-order chi connectivity index (χ1) is 23.5. The van der Waals surface area contributed by atoms with Crippen LogP contribution in [0.4, 0.5) is 10.1 Å². The van der Waals surface area contributed by atoms with E-state index in [2.05, 4.69) is 36.4 Å². The molecule has 10 nitrogen and oxygen atoms in total. The Bertz CT molecular complexity index is 1980. The molecule has 5 atom stereocenters. The standard InChI is InChI=1S/C38H44FN7O3/c1-22-20-45(21-34(47)41-22)37(44-32-16-26-15-30(23(32)2)38(26,3)4)42-27-9-11-29-33(17-27)43-35(25-7-6-13-40-19-25)46(36(29)48)14-12-24-8-10-28(49-5)18-31(24)39/h6-11,13,17-19,22-23,26,30,32H,12,14-16,20-21H2,1-5H3,(H,41,47)(H,42,44)/t22-,23-,26-,30+,32-/m0/s1. The summed E-state index contributed by atoms with van der Waals surface area (Å²) in [6.07, 6.45) is 5.91. The normalized spacial score (nSPS) is 24.7. The number of anilines is 1. The lowest BCUT2D eigenvalue weighted by atomic mass is 9.45. The molecule has 0 spiro atoms. The highest BCUT2D eigenvalue weighted by atomic mass is 19.1. The van der Waals surface area contributed by atoms with Gasteiger partial charge in [-0.1, -0.05) is 26.8 Å². The lowest BCUT2D eigenvalue weighted by molar-refractivity contribution is -0.124. The number of halogens is 1. The molecule has 4 aromatic rings. The van der Waals surface area contributed by atoms with Crippen molar-refractivity contribution in [3.8, 4) is 17.1 Å². The topological polar surface area (TPSA) is 114 Å². The Kier molecular flexibility index (Phi) is 8.62. The first kappa shape index (κ1) is 32.7. The molecule has 2 aromatic heterocycles. The van der Waals surface area contributed by atoms with Gasteiger partial charge in [0, 0.05) is 48.8 Å². The van der Waals surface area contributed by atoms with Crippen molar-refractivity contribution >= 4 is 28.5 Å². The van der Waals surface area contributed by atoms with Gasteiger partial charge >= 0.3 is 0 Å². The van der Waals surface area contributed by atoms with Crippen molar-refractivity contribution < 1.29 is 13.9 Å². The first-order valence-corrected chi connectivity index (χ1v) is 17.2. The highest BCUT2D eigenvalue weighted by Crippen LogP contribution is 2.61. The van der Waals surface area contributed by atoms with Gasteiger partial charge in [-0.2, -0.15) is 0 Å². The van der Waals surface area contributed by atoms with Crippen LogP contribution in [0.25, 0.3) is 22.3 Å². The number of fused-ring (bicyclic) bond motifs is 3. The average Bonchev–Trinajstić information content (AvgIpc) is 3.08. The van der Waals surface area contributed by atoms with E-state index in [1.54, 1.807) is 41.2 Å². The quantitative estimate of drug-likeness (QED) is 0.198. The molecule has 2 aromatic carbocycles. The summed E-state index contributed by atoms with van der Waals surface area (Å²) < 4.78 is 21.6. The Hall–Kier alpha value is -4.80. The number of hydrogen-bond donors (Lipinski definition) is 2. The van der Waals surface area contributed by atoms with Crippen molar-refractivity contribution in [1.29, 1.82) is 0 Å². The van der Waals surface area contributed by atoms with Gasteiger partial charge in [0.2, 0.25) is 5.91 Å². The minimum absolute atomic E-state index is 0.0190. The maximum absolute atomic E-state index is 14.8. The van der Waals surface area contributed by atoms with E-state index >= 15 is 0 Å². The molecule has 0 unspecified atom stereocenters. The smallest absolute Gasteiger partial charge is 0.261 e. The number of carbonyl (C=O) groups excluding carboxylic acids is 1. The maximum atomic E-state index is 14.8. The lowest BCUT2D eigenvalue weighted by Crippen LogP contribution is -2.58. The van der Waals surface area contributed by atoms with Gasteiger partial charge in [-0.3, -0.25) is 19.1 Å². The Morgan fingerprint density at radius 3 is 2.67 bits per heavy atom. The van der Waals surface area contributed by atoms with Crippen molar-refractivity contribution in [2.24, 2.45) is 28.2 Å². The van der Waals surface area contributed by atoms with E-state index in [4.69, 9.17) is 14.7 Å². The van der Waals surface area contributed by atoms with Gasteiger partial charge < -0.3 is 20.3 Å². The number of ether oxygens (including phenoxy) is 1. The molecule has 3 aliphatic carbocycles. The molecule has 1 amide bonds. The van der Waals surface area contributed by atoms with Crippen LogP contribution in [0.1, 0.15) is 46.1 Å². The van der Waals surface area contributed by atoms with Gasteiger partial charge in [-0.05, 0) is 91.3 Å². The summed E-state index contributed by atoms with van der Waals surface area (Å²) in [6.45, 7) is 10.1. The predicted octanol–water partition coefficient (Wildman–Crippen LogP) is 5.51. The zero-order valence-electron chi connectivity index (χ0n) is 28.7. The molecule has 4 fully saturated rings. The Morgan fingerprint density at radius 2 is 1.98 bits per heavy atom. The summed E-state index contributed by atoms with van der Waals surface area (Å²) in [5, 5.41) is 6.99. The number of benzene rings is 2. The first-order valence-electron chi connectivity index (χ1n) is 17.2. The number of piperazine rings is 1. The van der Waals surface area contributed by atoms with Crippen LogP contribution in [0.2, 0.25) is 0 Å². The number of aromatic nitrogens is 3. The van der Waals surface area contributed by atoms with Crippen molar-refractivity contribution in [2.45, 2.75) is 65.6 Å². The molecule has 11 heteroatoms. The fraction of sp³-hybridized carbons (Fsp3) is 0.447. The number of carbonyl (C=O) groups is 1. The number of methoxy groups -OCH3 is 1. The molecule has 4 aliphatic rings. The maximum Gasteiger partial charge on any atom is 0.261 e. The van der Waals surface area contributed by atoms with Crippen LogP contribution in [0.5, 0.6) is 5.75 Å². The molecule has 0 radical (unpaired) electrons. The lowest BCUT2D eigenvalue weighted by Gasteiger charge is -2.61. The van der Waals surface area contributed by atoms with Crippen molar-refractivity contribution in [1.82, 2.24) is 24.8 Å². The third kappa shape index (κ3) is 6.26. The molecule has 256 valence electrons. The third-order valence-electron chi connectivity index (χ3n) is 11.1. The van der Waals surface area contributed by atoms with Gasteiger partial charge in [0.1, 0.15) is 17.4 Å². The second-order valence-corrected chi connectivity index (χ2v) is 14.5. The van der Waals surface area contributed by atoms with Crippen LogP contribution < -0.4 is 20.9 Å². The van der Waals surface area contributed by atoms with Gasteiger partial charge in [0.05, 0.1) is 30.6 Å². The fourth-order valence-corrected chi connectivity index (χ4v) is 8.18. The molecule has 49 heavy (non-hydrogen) atoms. The number of nitrogens with one attached hydrogen (secondary N) is 2. The van der Waals surface area contributed by atoms with Crippen LogP contribution in [-0.2, 0) is 17.8 Å². The second-order valence-electron chi connectivity index (χ2n) is 14.5. The number of guanidine groups is 1. The van der Waals surface area contributed by atoms with E-state index in [0.717, 1.165) is 12.1 Å². The number of pyridine rings is 1. The Morgan fingerprint density at radius 1 is 1.14 bits per heavy atom. The third-order valence-corrected chi connectivity index (χ3v) is 11.1. The molecule has 3 heterocycles. The zero-order valence-corrected chi connectivity index (χ0v) is 28.7. The van der Waals surface area contributed by atoms with Crippen LogP contribution in [0.3, 0.4) is 0 Å². The van der Waals surface area contributed by atoms with Gasteiger partial charge in [0.25, 0.3) is 5.56 Å². The highest BCUT2D eigenvalue weighted by molar-refractivity contribution is 5.98. The SMILES string of the molecule is COc1ccc(CCn2c(-c3cccnc3)nc3cc(NC(=N[C@H]4C[C@@H]5C[C@H]([C@@H]4C)C5(C)C)N4CC(=O)N[C@@H](C)C4)ccc3c2=O)c(F)c1. The summed E-state index contributed by atoms with van der Waals surface area (Å²) in [4.78, 5) is 43.3. The molecule has 1 aliphatic heterocycles. The largest absolute Gasteiger partial charge is 0.497 e. The summed E-state index contributed by atoms with van der Waals surface area (Å²) in [5.74, 6) is 2.83. The summed E-state index contributed by atoms with van der Waals surface area (Å²) in [6, 6.07) is 14.0. The molecule has 1 saturated heterocycles. The van der Waals surface area contributed by atoms with Gasteiger partial charge in [0.15, 0.2) is 5.96 Å². The summed E-state index contributed by atoms with van der Waals surface area (Å²) in [5.41, 5.74) is 2.51. The number of nitrogens with zero attached hydrogens (tertiary/aromatic N) is 5. The average molecular weight is 666 g/mol. The zero-order chi connectivity index (χ0) is 34.4. The van der Waals surface area contributed by atoms with E-state index in [1.165, 1.54) is 19.6 Å². The Balaban J connectivity index is 1.24. The monoisotopic (exact) mass is 665 g/mol. The second kappa shape index (κ2) is 12.9. The van der Waals surface area contributed by atoms with E-state index in [9.17, 15) is 14.0 Å². The Labute approximate surface area is 285 Å². The molecule has 3 saturated carbocycles. The van der Waals surface area contributed by atoms with Gasteiger partial charge in [-0.15, -0.1) is 0 Å². The number of hydrogen-bond acceptors (Lipinski definition) is 6. The summed E-state index contributed by atoms with van der Waals surface area (Å²) in [7, 11) is 1.50. The number of rotatable bonds is 7. The van der Waals surface area contributed by atoms with E-state index in [1.807, 2.05) is 30.0 Å². The minimum Gasteiger partial charge on any atom is -0.497 e. The number of amides is 1. The van der Waals surface area contributed by atoms with Crippen LogP contribution >= 0.6 is 0 Å². The van der Waals surface area contributed by atoms with Crippen LogP contribution in [-0.4, -0.2) is 63.6 Å². The molecule has 8 rings (SSSR count). The molecular formula is C38H44FN7O3. The predicted molar refractivity (Wildman–Crippen MR) is 189 cm³/mol. The van der Waals surface area contributed by atoms with Crippen molar-refractivity contribution in [3.05, 3.63) is 82.7 Å². The molecule has 2 N–H and O–H groups in total. The van der Waals surface area contributed by atoms with E-state index in [-0.39, 0.29) is 48.9 Å². The fourth-order valence-electron chi connectivity index (χ4n) is 8.18. The van der Waals surface area contributed by atoms with E-state index in [0.29, 0.717) is 69.3 Å². The van der Waals surface area contributed by atoms with Gasteiger partial charge in [-0.25, -0.2) is 14.4 Å². The summed E-state index contributed by atoms with van der Waals surface area (Å²) >= 11 is 0.